The first-order valence-corrected chi connectivity index (χ1v) is 9.91. The molecule has 2 aromatic rings. The van der Waals surface area contributed by atoms with Crippen LogP contribution in [0.2, 0.25) is 0 Å². The van der Waals surface area contributed by atoms with Gasteiger partial charge in [-0.25, -0.2) is 0 Å². The minimum atomic E-state index is 0.340. The number of piperidine rings is 1. The molecule has 0 saturated carbocycles. The van der Waals surface area contributed by atoms with Crippen LogP contribution in [-0.4, -0.2) is 46.4 Å². The number of amides is 1. The topological polar surface area (TPSA) is 45.7 Å². The number of aromatic nitrogens is 1. The Balaban J connectivity index is 1.34. The van der Waals surface area contributed by atoms with Gasteiger partial charge in [-0.15, -0.1) is 0 Å². The largest absolute Gasteiger partial charge is 0.487 e. The molecule has 1 aromatic heterocycles. The van der Waals surface area contributed by atoms with Gasteiger partial charge in [-0.2, -0.15) is 0 Å². The number of carbonyl (C=O) groups is 1. The molecule has 27 heavy (non-hydrogen) atoms. The van der Waals surface area contributed by atoms with E-state index in [1.54, 1.807) is 6.20 Å². The first kappa shape index (κ1) is 18.0. The van der Waals surface area contributed by atoms with Gasteiger partial charge in [-0.05, 0) is 55.6 Å². The maximum Gasteiger partial charge on any atom is 0.222 e. The molecule has 4 rings (SSSR count). The Morgan fingerprint density at radius 3 is 2.89 bits per heavy atom. The van der Waals surface area contributed by atoms with E-state index in [1.807, 2.05) is 24.3 Å². The number of hydrogen-bond donors (Lipinski definition) is 0. The lowest BCUT2D eigenvalue weighted by Gasteiger charge is -2.37. The molecule has 0 N–H and O–H groups in total. The van der Waals surface area contributed by atoms with Crippen LogP contribution in [0.5, 0.6) is 5.75 Å². The molecule has 2 aliphatic rings. The predicted molar refractivity (Wildman–Crippen MR) is 104 cm³/mol. The minimum absolute atomic E-state index is 0.340. The van der Waals surface area contributed by atoms with E-state index >= 15 is 0 Å². The van der Waals surface area contributed by atoms with Crippen LogP contribution >= 0.6 is 0 Å². The molecule has 5 heteroatoms. The zero-order valence-electron chi connectivity index (χ0n) is 15.7. The Hall–Kier alpha value is -2.40. The Morgan fingerprint density at radius 2 is 2.07 bits per heavy atom. The Kier molecular flexibility index (Phi) is 5.68. The van der Waals surface area contributed by atoms with Crippen LogP contribution in [0, 0.1) is 0 Å². The molecule has 2 saturated heterocycles. The van der Waals surface area contributed by atoms with E-state index in [9.17, 15) is 4.79 Å². The smallest absolute Gasteiger partial charge is 0.222 e. The molecule has 0 unspecified atom stereocenters. The van der Waals surface area contributed by atoms with Gasteiger partial charge in [0, 0.05) is 38.3 Å². The van der Waals surface area contributed by atoms with Crippen molar-refractivity contribution in [2.75, 3.05) is 19.6 Å². The molecule has 0 radical (unpaired) electrons. The molecule has 0 spiro atoms. The van der Waals surface area contributed by atoms with E-state index < -0.39 is 0 Å². The first-order chi connectivity index (χ1) is 13.3. The van der Waals surface area contributed by atoms with Gasteiger partial charge in [0.2, 0.25) is 5.91 Å². The van der Waals surface area contributed by atoms with E-state index in [1.165, 1.54) is 5.56 Å². The summed E-state index contributed by atoms with van der Waals surface area (Å²) in [5, 5.41) is 0. The SMILES string of the molecule is O=C1CCCN1[C@@H]1CCCN(Cc2cccc(OCc3ccccn3)c2)C1. The maximum absolute atomic E-state index is 12.1. The summed E-state index contributed by atoms with van der Waals surface area (Å²) in [6.45, 7) is 4.39. The number of likely N-dealkylation sites (tertiary alicyclic amines) is 2. The van der Waals surface area contributed by atoms with Crippen molar-refractivity contribution in [3.63, 3.8) is 0 Å². The summed E-state index contributed by atoms with van der Waals surface area (Å²) < 4.78 is 5.90. The Bertz CT molecular complexity index is 765. The van der Waals surface area contributed by atoms with Gasteiger partial charge in [-0.3, -0.25) is 14.7 Å². The van der Waals surface area contributed by atoms with E-state index in [0.29, 0.717) is 18.6 Å². The van der Waals surface area contributed by atoms with Crippen LogP contribution in [0.15, 0.2) is 48.7 Å². The fraction of sp³-hybridized carbons (Fsp3) is 0.455. The number of nitrogens with zero attached hydrogens (tertiary/aromatic N) is 3. The van der Waals surface area contributed by atoms with E-state index in [2.05, 4.69) is 33.0 Å². The van der Waals surface area contributed by atoms with Crippen molar-refractivity contribution in [2.24, 2.45) is 0 Å². The fourth-order valence-corrected chi connectivity index (χ4v) is 4.12. The van der Waals surface area contributed by atoms with Crippen molar-refractivity contribution in [1.82, 2.24) is 14.8 Å². The standard InChI is InChI=1S/C22H27N3O2/c26-22-10-5-13-25(22)20-8-4-12-24(16-20)15-18-6-3-9-21(14-18)27-17-19-7-1-2-11-23-19/h1-3,6-7,9,11,14,20H,4-5,8,10,12-13,15-17H2/t20-/m1/s1. The van der Waals surface area contributed by atoms with Gasteiger partial charge in [0.1, 0.15) is 12.4 Å². The molecule has 2 aliphatic heterocycles. The Morgan fingerprint density at radius 1 is 1.11 bits per heavy atom. The Labute approximate surface area is 161 Å². The zero-order valence-corrected chi connectivity index (χ0v) is 15.7. The predicted octanol–water partition coefficient (Wildman–Crippen LogP) is 3.25. The molecule has 3 heterocycles. The average Bonchev–Trinajstić information content (AvgIpc) is 3.14. The van der Waals surface area contributed by atoms with Crippen molar-refractivity contribution in [3.05, 3.63) is 59.9 Å². The van der Waals surface area contributed by atoms with Gasteiger partial charge in [0.25, 0.3) is 0 Å². The number of rotatable bonds is 6. The second-order valence-electron chi connectivity index (χ2n) is 7.48. The number of hydrogen-bond acceptors (Lipinski definition) is 4. The lowest BCUT2D eigenvalue weighted by Crippen LogP contribution is -2.48. The van der Waals surface area contributed by atoms with Crippen molar-refractivity contribution in [2.45, 2.75) is 44.9 Å². The van der Waals surface area contributed by atoms with Crippen molar-refractivity contribution < 1.29 is 9.53 Å². The lowest BCUT2D eigenvalue weighted by molar-refractivity contribution is -0.130. The highest BCUT2D eigenvalue weighted by Gasteiger charge is 2.31. The van der Waals surface area contributed by atoms with Gasteiger partial charge < -0.3 is 9.64 Å². The second kappa shape index (κ2) is 8.53. The zero-order chi connectivity index (χ0) is 18.5. The summed E-state index contributed by atoms with van der Waals surface area (Å²) in [4.78, 5) is 20.9. The highest BCUT2D eigenvalue weighted by Crippen LogP contribution is 2.23. The number of benzene rings is 1. The second-order valence-corrected chi connectivity index (χ2v) is 7.48. The summed E-state index contributed by atoms with van der Waals surface area (Å²) >= 11 is 0. The monoisotopic (exact) mass is 365 g/mol. The third-order valence-electron chi connectivity index (χ3n) is 5.45. The van der Waals surface area contributed by atoms with Crippen molar-refractivity contribution in [1.29, 1.82) is 0 Å². The molecular weight excluding hydrogens is 338 g/mol. The molecule has 142 valence electrons. The minimum Gasteiger partial charge on any atom is -0.487 e. The van der Waals surface area contributed by atoms with Gasteiger partial charge >= 0.3 is 0 Å². The maximum atomic E-state index is 12.1. The van der Waals surface area contributed by atoms with Gasteiger partial charge in [0.05, 0.1) is 5.69 Å². The summed E-state index contributed by atoms with van der Waals surface area (Å²) in [7, 11) is 0. The molecule has 1 amide bonds. The number of carbonyl (C=O) groups excluding carboxylic acids is 1. The van der Waals surface area contributed by atoms with Crippen LogP contribution in [0.25, 0.3) is 0 Å². The van der Waals surface area contributed by atoms with E-state index in [4.69, 9.17) is 4.74 Å². The normalized spacial score (nSPS) is 20.8. The van der Waals surface area contributed by atoms with Gasteiger partial charge in [-0.1, -0.05) is 18.2 Å². The highest BCUT2D eigenvalue weighted by atomic mass is 16.5. The third kappa shape index (κ3) is 4.66. The number of pyridine rings is 1. The third-order valence-corrected chi connectivity index (χ3v) is 5.45. The van der Waals surface area contributed by atoms with Crippen LogP contribution in [0.4, 0.5) is 0 Å². The summed E-state index contributed by atoms with van der Waals surface area (Å²) in [5.74, 6) is 1.22. The van der Waals surface area contributed by atoms with E-state index in [-0.39, 0.29) is 0 Å². The van der Waals surface area contributed by atoms with Gasteiger partial charge in [0.15, 0.2) is 0 Å². The quantitative estimate of drug-likeness (QED) is 0.788. The molecule has 5 nitrogen and oxygen atoms in total. The molecule has 2 fully saturated rings. The first-order valence-electron chi connectivity index (χ1n) is 9.91. The highest BCUT2D eigenvalue weighted by molar-refractivity contribution is 5.78. The molecule has 0 bridgehead atoms. The molecule has 1 aromatic carbocycles. The van der Waals surface area contributed by atoms with Crippen LogP contribution in [0.1, 0.15) is 36.9 Å². The fourth-order valence-electron chi connectivity index (χ4n) is 4.12. The molecule has 1 atom stereocenters. The van der Waals surface area contributed by atoms with Crippen molar-refractivity contribution >= 4 is 5.91 Å². The molecular formula is C22H27N3O2. The van der Waals surface area contributed by atoms with Crippen LogP contribution < -0.4 is 4.74 Å². The van der Waals surface area contributed by atoms with Crippen molar-refractivity contribution in [3.8, 4) is 5.75 Å². The summed E-state index contributed by atoms with van der Waals surface area (Å²) in [6.07, 6.45) is 5.82. The van der Waals surface area contributed by atoms with E-state index in [0.717, 1.165) is 63.3 Å². The summed E-state index contributed by atoms with van der Waals surface area (Å²) in [6, 6.07) is 14.6. The lowest BCUT2D eigenvalue weighted by atomic mass is 10.0. The molecule has 0 aliphatic carbocycles. The summed E-state index contributed by atoms with van der Waals surface area (Å²) in [5.41, 5.74) is 2.18. The van der Waals surface area contributed by atoms with Crippen LogP contribution in [-0.2, 0) is 17.9 Å². The average molecular weight is 365 g/mol. The van der Waals surface area contributed by atoms with Crippen LogP contribution in [0.3, 0.4) is 0 Å². The number of ether oxygens (including phenoxy) is 1.